The van der Waals surface area contributed by atoms with Crippen molar-refractivity contribution < 1.29 is 9.59 Å². The summed E-state index contributed by atoms with van der Waals surface area (Å²) in [5.74, 6) is -0.0911. The average Bonchev–Trinajstić information content (AvgIpc) is 3.31. The number of benzene rings is 2. The number of anilines is 2. The number of amides is 2. The lowest BCUT2D eigenvalue weighted by Gasteiger charge is -2.22. The van der Waals surface area contributed by atoms with Gasteiger partial charge in [-0.3, -0.25) is 9.59 Å². The molecule has 0 aliphatic carbocycles. The van der Waals surface area contributed by atoms with E-state index in [1.165, 1.54) is 0 Å². The smallest absolute Gasteiger partial charge is 0.228 e. The molecule has 0 radical (unpaired) electrons. The molecule has 2 aliphatic heterocycles. The number of aryl methyl sites for hydroxylation is 1. The van der Waals surface area contributed by atoms with Crippen molar-refractivity contribution in [1.29, 1.82) is 0 Å². The fraction of sp³-hybridized carbons (Fsp3) is 0.391. The predicted molar refractivity (Wildman–Crippen MR) is 111 cm³/mol. The molecule has 1 N–H and O–H groups in total. The van der Waals surface area contributed by atoms with Crippen LogP contribution in [0.2, 0.25) is 0 Å². The maximum absolute atomic E-state index is 13.0. The van der Waals surface area contributed by atoms with Crippen LogP contribution in [0.25, 0.3) is 0 Å². The number of hydrogen-bond acceptors (Lipinski definition) is 3. The summed E-state index contributed by atoms with van der Waals surface area (Å²) in [7, 11) is 0. The molecule has 0 bridgehead atoms. The first kappa shape index (κ1) is 18.5. The number of nitrogens with one attached hydrogen (secondary N) is 1. The van der Waals surface area contributed by atoms with Crippen LogP contribution in [0.5, 0.6) is 0 Å². The Balaban J connectivity index is 1.39. The van der Waals surface area contributed by atoms with Gasteiger partial charge in [0, 0.05) is 43.5 Å². The van der Waals surface area contributed by atoms with Gasteiger partial charge >= 0.3 is 0 Å². The molecule has 5 heteroatoms. The van der Waals surface area contributed by atoms with Crippen LogP contribution in [0.1, 0.15) is 24.0 Å². The molecule has 4 rings (SSSR count). The van der Waals surface area contributed by atoms with E-state index in [0.29, 0.717) is 19.5 Å². The van der Waals surface area contributed by atoms with E-state index >= 15 is 0 Å². The lowest BCUT2D eigenvalue weighted by Crippen LogP contribution is -2.37. The highest BCUT2D eigenvalue weighted by molar-refractivity contribution is 6.01. The largest absolute Gasteiger partial charge is 0.380 e. The van der Waals surface area contributed by atoms with Gasteiger partial charge in [-0.2, -0.15) is 0 Å². The Morgan fingerprint density at radius 1 is 1.04 bits per heavy atom. The van der Waals surface area contributed by atoms with Crippen molar-refractivity contribution in [3.63, 3.8) is 0 Å². The van der Waals surface area contributed by atoms with E-state index in [-0.39, 0.29) is 23.8 Å². The minimum absolute atomic E-state index is 0.0465. The van der Waals surface area contributed by atoms with Crippen LogP contribution in [0.4, 0.5) is 11.4 Å². The third-order valence-electron chi connectivity index (χ3n) is 5.99. The molecule has 2 saturated heterocycles. The minimum Gasteiger partial charge on any atom is -0.380 e. The third kappa shape index (κ3) is 3.61. The maximum atomic E-state index is 13.0. The summed E-state index contributed by atoms with van der Waals surface area (Å²) < 4.78 is 0. The van der Waals surface area contributed by atoms with Crippen LogP contribution in [0, 0.1) is 19.8 Å². The standard InChI is InChI=1S/C23H27N3O2/c1-16-7-6-10-21(17(16)2)26-14-18(13-22(26)27)23(28)25-12-11-20(15-25)24-19-8-4-3-5-9-19/h3-10,18,20,24H,11-15H2,1-2H3/t18-,20+/m0/s1. The zero-order chi connectivity index (χ0) is 19.7. The second kappa shape index (κ2) is 7.66. The molecule has 0 aromatic heterocycles. The second-order valence-corrected chi connectivity index (χ2v) is 7.90. The molecule has 5 nitrogen and oxygen atoms in total. The van der Waals surface area contributed by atoms with Gasteiger partial charge in [-0.15, -0.1) is 0 Å². The molecule has 2 fully saturated rings. The Kier molecular flexibility index (Phi) is 5.07. The highest BCUT2D eigenvalue weighted by Crippen LogP contribution is 2.31. The lowest BCUT2D eigenvalue weighted by molar-refractivity contribution is -0.134. The highest BCUT2D eigenvalue weighted by atomic mass is 16.2. The summed E-state index contributed by atoms with van der Waals surface area (Å²) in [6.45, 7) is 6.01. The summed E-state index contributed by atoms with van der Waals surface area (Å²) in [6.07, 6.45) is 1.24. The van der Waals surface area contributed by atoms with E-state index in [9.17, 15) is 9.59 Å². The summed E-state index contributed by atoms with van der Waals surface area (Å²) in [6, 6.07) is 16.4. The van der Waals surface area contributed by atoms with Crippen LogP contribution >= 0.6 is 0 Å². The molecule has 0 spiro atoms. The number of rotatable bonds is 4. The van der Waals surface area contributed by atoms with E-state index in [1.54, 1.807) is 4.90 Å². The molecule has 28 heavy (non-hydrogen) atoms. The highest BCUT2D eigenvalue weighted by Gasteiger charge is 2.39. The van der Waals surface area contributed by atoms with Crippen molar-refractivity contribution in [2.45, 2.75) is 32.7 Å². The van der Waals surface area contributed by atoms with Crippen molar-refractivity contribution in [2.24, 2.45) is 5.92 Å². The predicted octanol–water partition coefficient (Wildman–Crippen LogP) is 3.37. The number of carbonyl (C=O) groups excluding carboxylic acids is 2. The van der Waals surface area contributed by atoms with E-state index in [0.717, 1.165) is 35.5 Å². The molecular formula is C23H27N3O2. The molecule has 2 heterocycles. The summed E-state index contributed by atoms with van der Waals surface area (Å²) >= 11 is 0. The minimum atomic E-state index is -0.247. The Morgan fingerprint density at radius 2 is 1.82 bits per heavy atom. The zero-order valence-corrected chi connectivity index (χ0v) is 16.5. The topological polar surface area (TPSA) is 52.7 Å². The van der Waals surface area contributed by atoms with Crippen molar-refractivity contribution >= 4 is 23.2 Å². The zero-order valence-electron chi connectivity index (χ0n) is 16.5. The van der Waals surface area contributed by atoms with Gasteiger partial charge < -0.3 is 15.1 Å². The van der Waals surface area contributed by atoms with Crippen LogP contribution < -0.4 is 10.2 Å². The molecule has 2 atom stereocenters. The van der Waals surface area contributed by atoms with E-state index in [4.69, 9.17) is 0 Å². The number of hydrogen-bond donors (Lipinski definition) is 1. The van der Waals surface area contributed by atoms with Crippen LogP contribution in [0.15, 0.2) is 48.5 Å². The molecule has 2 aromatic carbocycles. The molecular weight excluding hydrogens is 350 g/mol. The van der Waals surface area contributed by atoms with Gasteiger partial charge in [0.15, 0.2) is 0 Å². The first-order valence-corrected chi connectivity index (χ1v) is 10.00. The number of nitrogens with zero attached hydrogens (tertiary/aromatic N) is 2. The van der Waals surface area contributed by atoms with Crippen molar-refractivity contribution in [3.05, 3.63) is 59.7 Å². The Bertz CT molecular complexity index is 881. The van der Waals surface area contributed by atoms with E-state index in [1.807, 2.05) is 67.3 Å². The SMILES string of the molecule is Cc1cccc(N2C[C@@H](C(=O)N3CC[C@@H](Nc4ccccc4)C3)CC2=O)c1C. The van der Waals surface area contributed by atoms with Gasteiger partial charge in [0.2, 0.25) is 11.8 Å². The average molecular weight is 377 g/mol. The van der Waals surface area contributed by atoms with E-state index in [2.05, 4.69) is 5.32 Å². The fourth-order valence-corrected chi connectivity index (χ4v) is 4.24. The Labute approximate surface area is 166 Å². The van der Waals surface area contributed by atoms with Crippen molar-refractivity contribution in [2.75, 3.05) is 29.9 Å². The molecule has 146 valence electrons. The molecule has 2 aliphatic rings. The van der Waals surface area contributed by atoms with E-state index < -0.39 is 0 Å². The summed E-state index contributed by atoms with van der Waals surface area (Å²) in [5, 5.41) is 3.50. The molecule has 2 amide bonds. The monoisotopic (exact) mass is 377 g/mol. The Morgan fingerprint density at radius 3 is 2.61 bits per heavy atom. The van der Waals surface area contributed by atoms with Gasteiger partial charge in [0.1, 0.15) is 0 Å². The second-order valence-electron chi connectivity index (χ2n) is 7.90. The van der Waals surface area contributed by atoms with Gasteiger partial charge in [0.25, 0.3) is 0 Å². The number of likely N-dealkylation sites (tertiary alicyclic amines) is 1. The molecule has 0 saturated carbocycles. The number of carbonyl (C=O) groups is 2. The van der Waals surface area contributed by atoms with Gasteiger partial charge in [-0.25, -0.2) is 0 Å². The summed E-state index contributed by atoms with van der Waals surface area (Å²) in [5.41, 5.74) is 4.29. The van der Waals surface area contributed by atoms with Crippen molar-refractivity contribution in [1.82, 2.24) is 4.90 Å². The summed E-state index contributed by atoms with van der Waals surface area (Å²) in [4.78, 5) is 29.4. The molecule has 0 unspecified atom stereocenters. The normalized spacial score (nSPS) is 22.0. The van der Waals surface area contributed by atoms with Crippen molar-refractivity contribution in [3.8, 4) is 0 Å². The fourth-order valence-electron chi connectivity index (χ4n) is 4.24. The first-order chi connectivity index (χ1) is 13.5. The lowest BCUT2D eigenvalue weighted by atomic mass is 10.1. The Hall–Kier alpha value is -2.82. The molecule has 2 aromatic rings. The van der Waals surface area contributed by atoms with Crippen LogP contribution in [0.3, 0.4) is 0 Å². The van der Waals surface area contributed by atoms with Gasteiger partial charge in [-0.05, 0) is 49.6 Å². The van der Waals surface area contributed by atoms with Gasteiger partial charge in [0.05, 0.1) is 5.92 Å². The first-order valence-electron chi connectivity index (χ1n) is 10.00. The maximum Gasteiger partial charge on any atom is 0.228 e. The quantitative estimate of drug-likeness (QED) is 0.889. The van der Waals surface area contributed by atoms with Crippen LogP contribution in [-0.4, -0.2) is 42.4 Å². The van der Waals surface area contributed by atoms with Crippen LogP contribution in [-0.2, 0) is 9.59 Å². The third-order valence-corrected chi connectivity index (χ3v) is 5.99. The number of para-hydroxylation sites is 1. The van der Waals surface area contributed by atoms with Gasteiger partial charge in [-0.1, -0.05) is 30.3 Å².